The maximum atomic E-state index is 4.82. The molecule has 0 bridgehead atoms. The average Bonchev–Trinajstić information content (AvgIpc) is 2.83. The monoisotopic (exact) mass is 274 g/mol. The lowest BCUT2D eigenvalue weighted by Gasteiger charge is -1.98. The van der Waals surface area contributed by atoms with Crippen LogP contribution in [0.1, 0.15) is 36.4 Å². The highest BCUT2D eigenvalue weighted by Gasteiger charge is 2.11. The summed E-state index contributed by atoms with van der Waals surface area (Å²) in [6.07, 6.45) is 3.31. The van der Waals surface area contributed by atoms with Crippen LogP contribution in [0.2, 0.25) is 0 Å². The molecule has 0 amide bonds. The topological polar surface area (TPSA) is 24.9 Å². The highest BCUT2D eigenvalue weighted by Crippen LogP contribution is 2.29. The number of hydrogen-bond donors (Lipinski definition) is 1. The fourth-order valence-electron chi connectivity index (χ4n) is 2.12. The van der Waals surface area contributed by atoms with Crippen molar-refractivity contribution in [3.8, 4) is 10.6 Å². The molecule has 0 aliphatic carbocycles. The van der Waals surface area contributed by atoms with Crippen LogP contribution >= 0.6 is 11.3 Å². The summed E-state index contributed by atoms with van der Waals surface area (Å²) in [5, 5.41) is 4.39. The van der Waals surface area contributed by atoms with Gasteiger partial charge >= 0.3 is 0 Å². The van der Waals surface area contributed by atoms with E-state index in [9.17, 15) is 0 Å². The van der Waals surface area contributed by atoms with Gasteiger partial charge in [0.15, 0.2) is 0 Å². The summed E-state index contributed by atoms with van der Waals surface area (Å²) >= 11 is 1.82. The Morgan fingerprint density at radius 3 is 2.47 bits per heavy atom. The predicted molar refractivity (Wildman–Crippen MR) is 83.7 cm³/mol. The summed E-state index contributed by atoms with van der Waals surface area (Å²) in [5.74, 6) is 0. The second-order valence-corrected chi connectivity index (χ2v) is 5.80. The fraction of sp³-hybridized carbons (Fsp3) is 0.438. The lowest BCUT2D eigenvalue weighted by atomic mass is 10.1. The van der Waals surface area contributed by atoms with Crippen molar-refractivity contribution in [3.05, 3.63) is 40.4 Å². The fourth-order valence-corrected chi connectivity index (χ4v) is 3.25. The quantitative estimate of drug-likeness (QED) is 0.859. The largest absolute Gasteiger partial charge is 0.315 e. The smallest absolute Gasteiger partial charge is 0.123 e. The maximum Gasteiger partial charge on any atom is 0.123 e. The number of aryl methyl sites for hydroxylation is 2. The Balaban J connectivity index is 2.30. The summed E-state index contributed by atoms with van der Waals surface area (Å²) < 4.78 is 0. The molecule has 2 aromatic rings. The van der Waals surface area contributed by atoms with E-state index in [0.717, 1.165) is 30.8 Å². The first kappa shape index (κ1) is 14.2. The van der Waals surface area contributed by atoms with Crippen molar-refractivity contribution in [3.63, 3.8) is 0 Å². The molecular weight excluding hydrogens is 252 g/mol. The molecule has 0 aliphatic rings. The summed E-state index contributed by atoms with van der Waals surface area (Å²) in [6.45, 7) is 5.31. The third-order valence-electron chi connectivity index (χ3n) is 3.21. The first-order valence-corrected chi connectivity index (χ1v) is 7.82. The second-order valence-electron chi connectivity index (χ2n) is 4.72. The summed E-state index contributed by atoms with van der Waals surface area (Å²) in [4.78, 5) is 6.20. The van der Waals surface area contributed by atoms with E-state index in [1.807, 2.05) is 18.4 Å². The van der Waals surface area contributed by atoms with Gasteiger partial charge < -0.3 is 5.32 Å². The molecular formula is C16H22N2S. The molecule has 0 unspecified atom stereocenters. The van der Waals surface area contributed by atoms with Crippen molar-refractivity contribution in [1.82, 2.24) is 10.3 Å². The van der Waals surface area contributed by atoms with Gasteiger partial charge in [0.1, 0.15) is 5.01 Å². The minimum absolute atomic E-state index is 0.917. The number of rotatable bonds is 6. The van der Waals surface area contributed by atoms with Gasteiger partial charge in [-0.1, -0.05) is 44.5 Å². The molecule has 19 heavy (non-hydrogen) atoms. The van der Waals surface area contributed by atoms with Gasteiger partial charge in [-0.3, -0.25) is 0 Å². The van der Waals surface area contributed by atoms with Crippen LogP contribution < -0.4 is 5.32 Å². The molecule has 2 nitrogen and oxygen atoms in total. The third kappa shape index (κ3) is 3.43. The highest BCUT2D eigenvalue weighted by molar-refractivity contribution is 7.15. The molecule has 0 saturated heterocycles. The summed E-state index contributed by atoms with van der Waals surface area (Å²) in [5.41, 5.74) is 3.88. The van der Waals surface area contributed by atoms with Gasteiger partial charge in [0.25, 0.3) is 0 Å². The van der Waals surface area contributed by atoms with Crippen molar-refractivity contribution in [2.24, 2.45) is 0 Å². The minimum Gasteiger partial charge on any atom is -0.315 e. The second kappa shape index (κ2) is 6.83. The van der Waals surface area contributed by atoms with Crippen LogP contribution in [0.5, 0.6) is 0 Å². The van der Waals surface area contributed by atoms with Crippen molar-refractivity contribution in [2.45, 2.75) is 39.7 Å². The highest BCUT2D eigenvalue weighted by atomic mass is 32.1. The van der Waals surface area contributed by atoms with E-state index in [1.54, 1.807) is 0 Å². The van der Waals surface area contributed by atoms with E-state index >= 15 is 0 Å². The van der Waals surface area contributed by atoms with E-state index in [-0.39, 0.29) is 0 Å². The number of nitrogens with one attached hydrogen (secondary N) is 1. The average molecular weight is 274 g/mol. The predicted octanol–water partition coefficient (Wildman–Crippen LogP) is 4.04. The Kier molecular flexibility index (Phi) is 5.11. The van der Waals surface area contributed by atoms with E-state index in [1.165, 1.54) is 21.7 Å². The maximum absolute atomic E-state index is 4.82. The van der Waals surface area contributed by atoms with Gasteiger partial charge in [-0.15, -0.1) is 11.3 Å². The molecule has 1 aromatic heterocycles. The zero-order valence-electron chi connectivity index (χ0n) is 12.0. The Hall–Kier alpha value is -1.19. The number of hydrogen-bond acceptors (Lipinski definition) is 3. The number of aromatic nitrogens is 1. The Morgan fingerprint density at radius 1 is 1.16 bits per heavy atom. The molecule has 1 heterocycles. The summed E-state index contributed by atoms with van der Waals surface area (Å²) in [6, 6.07) is 8.79. The van der Waals surface area contributed by atoms with E-state index < -0.39 is 0 Å². The number of thiazole rings is 1. The van der Waals surface area contributed by atoms with Gasteiger partial charge in [-0.2, -0.15) is 0 Å². The van der Waals surface area contributed by atoms with Crippen LogP contribution in [-0.2, 0) is 19.4 Å². The van der Waals surface area contributed by atoms with Crippen molar-refractivity contribution in [2.75, 3.05) is 7.05 Å². The van der Waals surface area contributed by atoms with Gasteiger partial charge in [0.2, 0.25) is 0 Å². The van der Waals surface area contributed by atoms with Crippen LogP contribution in [0, 0.1) is 0 Å². The van der Waals surface area contributed by atoms with Crippen LogP contribution in [0.25, 0.3) is 10.6 Å². The van der Waals surface area contributed by atoms with Crippen molar-refractivity contribution >= 4 is 11.3 Å². The molecule has 2 rings (SSSR count). The molecule has 3 heteroatoms. The molecule has 0 radical (unpaired) electrons. The van der Waals surface area contributed by atoms with Crippen LogP contribution in [0.4, 0.5) is 0 Å². The molecule has 0 atom stereocenters. The zero-order valence-corrected chi connectivity index (χ0v) is 12.8. The van der Waals surface area contributed by atoms with E-state index in [2.05, 4.69) is 43.4 Å². The molecule has 0 aliphatic heterocycles. The minimum atomic E-state index is 0.917. The first-order chi connectivity index (χ1) is 9.28. The standard InChI is InChI=1S/C16H22N2S/c1-4-6-14-15(11-17-3)19-16(18-14)13-9-7-12(5-2)8-10-13/h7-10,17H,4-6,11H2,1-3H3. The molecule has 102 valence electrons. The third-order valence-corrected chi connectivity index (χ3v) is 4.36. The van der Waals surface area contributed by atoms with E-state index in [0.29, 0.717) is 0 Å². The molecule has 1 aromatic carbocycles. The molecule has 0 fully saturated rings. The molecule has 0 spiro atoms. The lowest BCUT2D eigenvalue weighted by molar-refractivity contribution is 0.798. The Bertz CT molecular complexity index is 491. The van der Waals surface area contributed by atoms with Crippen LogP contribution in [0.15, 0.2) is 24.3 Å². The lowest BCUT2D eigenvalue weighted by Crippen LogP contribution is -2.05. The first-order valence-electron chi connectivity index (χ1n) is 7.01. The SMILES string of the molecule is CCCc1nc(-c2ccc(CC)cc2)sc1CNC. The van der Waals surface area contributed by atoms with Gasteiger partial charge in [0, 0.05) is 17.0 Å². The Labute approximate surface area is 119 Å². The van der Waals surface area contributed by atoms with Crippen molar-refractivity contribution < 1.29 is 0 Å². The van der Waals surface area contributed by atoms with Crippen LogP contribution in [0.3, 0.4) is 0 Å². The Morgan fingerprint density at radius 2 is 1.89 bits per heavy atom. The number of nitrogens with zero attached hydrogens (tertiary/aromatic N) is 1. The van der Waals surface area contributed by atoms with Crippen molar-refractivity contribution in [1.29, 1.82) is 0 Å². The zero-order chi connectivity index (χ0) is 13.7. The summed E-state index contributed by atoms with van der Waals surface area (Å²) in [7, 11) is 1.99. The van der Waals surface area contributed by atoms with E-state index in [4.69, 9.17) is 4.98 Å². The van der Waals surface area contributed by atoms with Gasteiger partial charge in [0.05, 0.1) is 5.69 Å². The number of benzene rings is 1. The van der Waals surface area contributed by atoms with Gasteiger partial charge in [-0.25, -0.2) is 4.98 Å². The van der Waals surface area contributed by atoms with Gasteiger partial charge in [-0.05, 0) is 25.5 Å². The molecule has 1 N–H and O–H groups in total. The normalized spacial score (nSPS) is 10.9. The molecule has 0 saturated carbocycles. The van der Waals surface area contributed by atoms with Crippen LogP contribution in [-0.4, -0.2) is 12.0 Å².